The van der Waals surface area contributed by atoms with Crippen molar-refractivity contribution in [2.45, 2.75) is 4.90 Å². The van der Waals surface area contributed by atoms with Gasteiger partial charge in [0.15, 0.2) is 0 Å². The Morgan fingerprint density at radius 1 is 1.24 bits per heavy atom. The summed E-state index contributed by atoms with van der Waals surface area (Å²) in [7, 11) is 0. The van der Waals surface area contributed by atoms with Gasteiger partial charge in [-0.1, -0.05) is 12.1 Å². The number of rotatable bonds is 2. The van der Waals surface area contributed by atoms with Crippen LogP contribution in [-0.2, 0) is 0 Å². The minimum atomic E-state index is 0.510. The van der Waals surface area contributed by atoms with Crippen LogP contribution in [0.25, 0.3) is 11.3 Å². The smallest absolute Gasteiger partial charge is 0.125 e. The van der Waals surface area contributed by atoms with Gasteiger partial charge in [-0.25, -0.2) is 4.98 Å². The summed E-state index contributed by atoms with van der Waals surface area (Å²) < 4.78 is 0. The molecule has 1 heterocycles. The number of anilines is 1. The molecule has 0 bridgehead atoms. The average Bonchev–Trinajstić information content (AvgIpc) is 2.38. The summed E-state index contributed by atoms with van der Waals surface area (Å²) in [5.41, 5.74) is 8.19. The molecule has 0 radical (unpaired) electrons. The first-order valence-corrected chi connectivity index (χ1v) is 6.27. The van der Waals surface area contributed by atoms with E-state index >= 15 is 0 Å². The first-order valence-electron chi connectivity index (χ1n) is 5.05. The lowest BCUT2D eigenvalue weighted by Gasteiger charge is -2.05. The molecule has 17 heavy (non-hydrogen) atoms. The zero-order valence-corrected chi connectivity index (χ0v) is 10.2. The molecule has 0 amide bonds. The molecule has 4 heteroatoms. The molecular weight excluding hydrogens is 230 g/mol. The van der Waals surface area contributed by atoms with Crippen molar-refractivity contribution in [3.8, 4) is 17.3 Å². The number of nitriles is 1. The van der Waals surface area contributed by atoms with Crippen LogP contribution < -0.4 is 5.73 Å². The number of nitrogens with zero attached hydrogens (tertiary/aromatic N) is 2. The number of hydrogen-bond acceptors (Lipinski definition) is 4. The largest absolute Gasteiger partial charge is 0.384 e. The first kappa shape index (κ1) is 11.5. The molecule has 0 unspecified atom stereocenters. The molecule has 0 aliphatic rings. The van der Waals surface area contributed by atoms with Crippen LogP contribution in [-0.4, -0.2) is 11.2 Å². The summed E-state index contributed by atoms with van der Waals surface area (Å²) in [5, 5.41) is 8.74. The standard InChI is InChI=1S/C13H11N3S/c1-17-11-6-12(16-13(15)7-11)10-4-2-9(8-14)3-5-10/h2-7H,1H3,(H2,15,16). The van der Waals surface area contributed by atoms with Crippen LogP contribution in [0.4, 0.5) is 5.82 Å². The maximum absolute atomic E-state index is 8.74. The molecular formula is C13H11N3S. The molecule has 0 atom stereocenters. The van der Waals surface area contributed by atoms with Crippen LogP contribution in [0.15, 0.2) is 41.3 Å². The van der Waals surface area contributed by atoms with E-state index in [0.717, 1.165) is 16.2 Å². The zero-order chi connectivity index (χ0) is 12.3. The van der Waals surface area contributed by atoms with E-state index in [2.05, 4.69) is 11.1 Å². The molecule has 0 aliphatic heterocycles. The third-order valence-corrected chi connectivity index (χ3v) is 3.07. The summed E-state index contributed by atoms with van der Waals surface area (Å²) in [4.78, 5) is 5.37. The maximum atomic E-state index is 8.74. The number of aromatic nitrogens is 1. The molecule has 2 N–H and O–H groups in total. The summed E-state index contributed by atoms with van der Waals surface area (Å²) in [5.74, 6) is 0.510. The van der Waals surface area contributed by atoms with E-state index in [-0.39, 0.29) is 0 Å². The monoisotopic (exact) mass is 241 g/mol. The van der Waals surface area contributed by atoms with Crippen LogP contribution in [0.2, 0.25) is 0 Å². The van der Waals surface area contributed by atoms with Crippen LogP contribution in [0.1, 0.15) is 5.56 Å². The molecule has 0 spiro atoms. The molecule has 0 fully saturated rings. The van der Waals surface area contributed by atoms with Gasteiger partial charge in [-0.15, -0.1) is 11.8 Å². The highest BCUT2D eigenvalue weighted by Crippen LogP contribution is 2.24. The second kappa shape index (κ2) is 4.89. The Balaban J connectivity index is 2.45. The Morgan fingerprint density at radius 2 is 1.94 bits per heavy atom. The highest BCUT2D eigenvalue weighted by atomic mass is 32.2. The van der Waals surface area contributed by atoms with Crippen molar-refractivity contribution in [2.75, 3.05) is 12.0 Å². The third-order valence-electron chi connectivity index (χ3n) is 2.36. The minimum absolute atomic E-state index is 0.510. The quantitative estimate of drug-likeness (QED) is 0.821. The van der Waals surface area contributed by atoms with Gasteiger partial charge in [0.2, 0.25) is 0 Å². The Morgan fingerprint density at radius 3 is 2.53 bits per heavy atom. The predicted octanol–water partition coefficient (Wildman–Crippen LogP) is 2.92. The van der Waals surface area contributed by atoms with Gasteiger partial charge in [0.25, 0.3) is 0 Å². The van der Waals surface area contributed by atoms with Gasteiger partial charge in [0, 0.05) is 10.5 Å². The molecule has 0 saturated heterocycles. The lowest BCUT2D eigenvalue weighted by atomic mass is 10.1. The van der Waals surface area contributed by atoms with E-state index in [0.29, 0.717) is 11.4 Å². The lowest BCUT2D eigenvalue weighted by Crippen LogP contribution is -1.93. The maximum Gasteiger partial charge on any atom is 0.125 e. The van der Waals surface area contributed by atoms with Gasteiger partial charge >= 0.3 is 0 Å². The van der Waals surface area contributed by atoms with E-state index < -0.39 is 0 Å². The number of hydrogen-bond donors (Lipinski definition) is 1. The Hall–Kier alpha value is -1.99. The van der Waals surface area contributed by atoms with Crippen LogP contribution in [0, 0.1) is 11.3 Å². The van der Waals surface area contributed by atoms with Crippen molar-refractivity contribution in [3.05, 3.63) is 42.0 Å². The fourth-order valence-corrected chi connectivity index (χ4v) is 1.98. The molecule has 0 aliphatic carbocycles. The third kappa shape index (κ3) is 2.58. The van der Waals surface area contributed by atoms with Crippen molar-refractivity contribution in [3.63, 3.8) is 0 Å². The number of benzene rings is 1. The van der Waals surface area contributed by atoms with Crippen LogP contribution >= 0.6 is 11.8 Å². The second-order valence-corrected chi connectivity index (χ2v) is 4.39. The van der Waals surface area contributed by atoms with Gasteiger partial charge in [0.05, 0.1) is 17.3 Å². The van der Waals surface area contributed by atoms with E-state index in [1.165, 1.54) is 0 Å². The minimum Gasteiger partial charge on any atom is -0.384 e. The molecule has 1 aromatic heterocycles. The van der Waals surface area contributed by atoms with Crippen molar-refractivity contribution in [1.29, 1.82) is 5.26 Å². The van der Waals surface area contributed by atoms with Gasteiger partial charge < -0.3 is 5.73 Å². The number of nitrogen functional groups attached to an aromatic ring is 1. The summed E-state index contributed by atoms with van der Waals surface area (Å²) in [6.07, 6.45) is 2.00. The van der Waals surface area contributed by atoms with Gasteiger partial charge in [0.1, 0.15) is 5.82 Å². The Bertz CT molecular complexity index is 570. The normalized spacial score (nSPS) is 9.88. The molecule has 2 aromatic rings. The molecule has 3 nitrogen and oxygen atoms in total. The molecule has 1 aromatic carbocycles. The summed E-state index contributed by atoms with van der Waals surface area (Å²) in [6.45, 7) is 0. The van der Waals surface area contributed by atoms with Crippen LogP contribution in [0.3, 0.4) is 0 Å². The topological polar surface area (TPSA) is 62.7 Å². The summed E-state index contributed by atoms with van der Waals surface area (Å²) >= 11 is 1.63. The number of pyridine rings is 1. The van der Waals surface area contributed by atoms with E-state index in [1.54, 1.807) is 23.9 Å². The zero-order valence-electron chi connectivity index (χ0n) is 9.34. The first-order chi connectivity index (χ1) is 8.22. The SMILES string of the molecule is CSc1cc(N)nc(-c2ccc(C#N)cc2)c1. The lowest BCUT2D eigenvalue weighted by molar-refractivity contribution is 1.27. The number of thioether (sulfide) groups is 1. The fourth-order valence-electron chi connectivity index (χ4n) is 1.51. The average molecular weight is 241 g/mol. The predicted molar refractivity (Wildman–Crippen MR) is 70.6 cm³/mol. The Labute approximate surface area is 104 Å². The van der Waals surface area contributed by atoms with Crippen molar-refractivity contribution in [1.82, 2.24) is 4.98 Å². The van der Waals surface area contributed by atoms with Gasteiger partial charge in [-0.3, -0.25) is 0 Å². The fraction of sp³-hybridized carbons (Fsp3) is 0.0769. The molecule has 0 saturated carbocycles. The van der Waals surface area contributed by atoms with E-state index in [1.807, 2.05) is 30.5 Å². The molecule has 84 valence electrons. The second-order valence-electron chi connectivity index (χ2n) is 3.51. The highest BCUT2D eigenvalue weighted by molar-refractivity contribution is 7.98. The van der Waals surface area contributed by atoms with Crippen LogP contribution in [0.5, 0.6) is 0 Å². The van der Waals surface area contributed by atoms with E-state index in [4.69, 9.17) is 11.0 Å². The highest BCUT2D eigenvalue weighted by Gasteiger charge is 2.03. The van der Waals surface area contributed by atoms with Gasteiger partial charge in [-0.2, -0.15) is 5.26 Å². The number of nitrogens with two attached hydrogens (primary N) is 1. The summed E-state index contributed by atoms with van der Waals surface area (Å²) in [6, 6.07) is 13.2. The Kier molecular flexibility index (Phi) is 3.31. The van der Waals surface area contributed by atoms with E-state index in [9.17, 15) is 0 Å². The molecule has 2 rings (SSSR count). The van der Waals surface area contributed by atoms with Crippen molar-refractivity contribution < 1.29 is 0 Å². The van der Waals surface area contributed by atoms with Crippen molar-refractivity contribution in [2.24, 2.45) is 0 Å². The van der Waals surface area contributed by atoms with Crippen molar-refractivity contribution >= 4 is 17.6 Å². The van der Waals surface area contributed by atoms with Gasteiger partial charge in [-0.05, 0) is 30.5 Å².